The Hall–Kier alpha value is -2.09. The number of para-hydroxylation sites is 1. The van der Waals surface area contributed by atoms with Gasteiger partial charge in [-0.1, -0.05) is 18.2 Å². The second-order valence-electron chi connectivity index (χ2n) is 5.28. The van der Waals surface area contributed by atoms with E-state index >= 15 is 0 Å². The molecule has 0 fully saturated rings. The molecule has 0 aliphatic rings. The highest BCUT2D eigenvalue weighted by molar-refractivity contribution is 7.89. The summed E-state index contributed by atoms with van der Waals surface area (Å²) >= 11 is 0. The molecule has 7 heteroatoms. The van der Waals surface area contributed by atoms with E-state index in [1.165, 1.54) is 12.1 Å². The van der Waals surface area contributed by atoms with Crippen molar-refractivity contribution < 1.29 is 17.9 Å². The minimum atomic E-state index is -3.67. The van der Waals surface area contributed by atoms with Crippen molar-refractivity contribution >= 4 is 10.0 Å². The van der Waals surface area contributed by atoms with Crippen LogP contribution in [0.5, 0.6) is 11.5 Å². The van der Waals surface area contributed by atoms with Crippen LogP contribution in [0.1, 0.15) is 18.5 Å². The Morgan fingerprint density at radius 2 is 1.79 bits per heavy atom. The number of primary sulfonamides is 1. The van der Waals surface area contributed by atoms with Crippen LogP contribution >= 0.6 is 0 Å². The number of sulfonamides is 1. The summed E-state index contributed by atoms with van der Waals surface area (Å²) in [5, 5.41) is 8.41. The molecule has 0 saturated carbocycles. The molecule has 2 rings (SSSR count). The van der Waals surface area contributed by atoms with E-state index in [-0.39, 0.29) is 10.9 Å². The zero-order valence-electron chi connectivity index (χ0n) is 13.7. The zero-order chi connectivity index (χ0) is 17.6. The monoisotopic (exact) mass is 350 g/mol. The molecule has 0 radical (unpaired) electrons. The van der Waals surface area contributed by atoms with E-state index in [2.05, 4.69) is 12.2 Å². The van der Waals surface area contributed by atoms with Crippen molar-refractivity contribution in [2.24, 2.45) is 5.14 Å². The summed E-state index contributed by atoms with van der Waals surface area (Å²) in [4.78, 5) is 0.0674. The summed E-state index contributed by atoms with van der Waals surface area (Å²) in [5.41, 5.74) is 1.08. The summed E-state index contributed by atoms with van der Waals surface area (Å²) in [7, 11) is -2.02. The Morgan fingerprint density at radius 1 is 1.12 bits per heavy atom. The van der Waals surface area contributed by atoms with Gasteiger partial charge in [-0.05, 0) is 37.3 Å². The topological polar surface area (TPSA) is 90.7 Å². The molecule has 3 N–H and O–H groups in total. The number of methoxy groups -OCH3 is 1. The number of nitrogens with one attached hydrogen (secondary N) is 1. The van der Waals surface area contributed by atoms with Crippen LogP contribution in [0.3, 0.4) is 0 Å². The van der Waals surface area contributed by atoms with Gasteiger partial charge in [-0.15, -0.1) is 0 Å². The van der Waals surface area contributed by atoms with Crippen LogP contribution < -0.4 is 19.9 Å². The van der Waals surface area contributed by atoms with E-state index in [4.69, 9.17) is 14.6 Å². The molecule has 0 amide bonds. The quantitative estimate of drug-likeness (QED) is 0.711. The molecule has 2 aromatic rings. The highest BCUT2D eigenvalue weighted by Crippen LogP contribution is 2.24. The van der Waals surface area contributed by atoms with Crippen molar-refractivity contribution in [2.45, 2.75) is 17.9 Å². The number of benzene rings is 2. The fourth-order valence-corrected chi connectivity index (χ4v) is 2.82. The summed E-state index contributed by atoms with van der Waals surface area (Å²) in [6.45, 7) is 3.14. The highest BCUT2D eigenvalue weighted by Gasteiger charge is 2.10. The molecular weight excluding hydrogens is 328 g/mol. The van der Waals surface area contributed by atoms with Crippen LogP contribution in [0, 0.1) is 0 Å². The van der Waals surface area contributed by atoms with Gasteiger partial charge >= 0.3 is 0 Å². The van der Waals surface area contributed by atoms with Crippen molar-refractivity contribution in [1.29, 1.82) is 0 Å². The van der Waals surface area contributed by atoms with Gasteiger partial charge in [0.15, 0.2) is 0 Å². The average molecular weight is 350 g/mol. The molecule has 0 bridgehead atoms. The SMILES string of the molecule is COc1ccccc1[C@@H](C)NCCOc1ccc(S(N)(=O)=O)cc1. The van der Waals surface area contributed by atoms with E-state index in [9.17, 15) is 8.42 Å². The molecule has 0 spiro atoms. The lowest BCUT2D eigenvalue weighted by atomic mass is 10.1. The Labute approximate surface area is 142 Å². The Kier molecular flexibility index (Phi) is 6.19. The van der Waals surface area contributed by atoms with Crippen molar-refractivity contribution in [1.82, 2.24) is 5.32 Å². The fraction of sp³-hybridized carbons (Fsp3) is 0.294. The standard InChI is InChI=1S/C17H22N2O4S/c1-13(16-5-3-4-6-17(16)22-2)19-11-12-23-14-7-9-15(10-8-14)24(18,20)21/h3-10,13,19H,11-12H2,1-2H3,(H2,18,20,21)/t13-/m1/s1. The van der Waals surface area contributed by atoms with E-state index in [0.29, 0.717) is 18.9 Å². The van der Waals surface area contributed by atoms with Gasteiger partial charge in [0.05, 0.1) is 12.0 Å². The van der Waals surface area contributed by atoms with E-state index in [1.54, 1.807) is 19.2 Å². The Bertz CT molecular complexity index is 760. The molecule has 0 aliphatic heterocycles. The molecule has 6 nitrogen and oxygen atoms in total. The molecule has 0 unspecified atom stereocenters. The molecule has 130 valence electrons. The minimum Gasteiger partial charge on any atom is -0.496 e. The van der Waals surface area contributed by atoms with Crippen LogP contribution in [0.25, 0.3) is 0 Å². The number of ether oxygens (including phenoxy) is 2. The number of hydrogen-bond donors (Lipinski definition) is 2. The van der Waals surface area contributed by atoms with Crippen molar-refractivity contribution in [3.8, 4) is 11.5 Å². The molecule has 0 saturated heterocycles. The molecule has 2 aromatic carbocycles. The van der Waals surface area contributed by atoms with Crippen molar-refractivity contribution in [2.75, 3.05) is 20.3 Å². The van der Waals surface area contributed by atoms with Crippen LogP contribution in [0.2, 0.25) is 0 Å². The Morgan fingerprint density at radius 3 is 2.42 bits per heavy atom. The van der Waals surface area contributed by atoms with E-state index < -0.39 is 10.0 Å². The second-order valence-corrected chi connectivity index (χ2v) is 6.84. The third-order valence-electron chi connectivity index (χ3n) is 3.58. The maximum Gasteiger partial charge on any atom is 0.238 e. The fourth-order valence-electron chi connectivity index (χ4n) is 2.30. The van der Waals surface area contributed by atoms with E-state index in [0.717, 1.165) is 11.3 Å². The van der Waals surface area contributed by atoms with Crippen molar-refractivity contribution in [3.63, 3.8) is 0 Å². The van der Waals surface area contributed by atoms with Crippen LogP contribution in [-0.4, -0.2) is 28.7 Å². The molecule has 1 atom stereocenters. The maximum absolute atomic E-state index is 11.2. The second kappa shape index (κ2) is 8.14. The summed E-state index contributed by atoms with van der Waals surface area (Å²) in [6.07, 6.45) is 0. The average Bonchev–Trinajstić information content (AvgIpc) is 2.58. The first-order valence-corrected chi connectivity index (χ1v) is 9.08. The lowest BCUT2D eigenvalue weighted by molar-refractivity contribution is 0.306. The molecule has 0 aromatic heterocycles. The predicted molar refractivity (Wildman–Crippen MR) is 92.7 cm³/mol. The lowest BCUT2D eigenvalue weighted by Crippen LogP contribution is -2.24. The normalized spacial score (nSPS) is 12.6. The van der Waals surface area contributed by atoms with Gasteiger partial charge in [0, 0.05) is 18.2 Å². The molecule has 0 aliphatic carbocycles. The first kappa shape index (κ1) is 18.3. The maximum atomic E-state index is 11.2. The number of hydrogen-bond acceptors (Lipinski definition) is 5. The van der Waals surface area contributed by atoms with Crippen molar-refractivity contribution in [3.05, 3.63) is 54.1 Å². The smallest absolute Gasteiger partial charge is 0.238 e. The third-order valence-corrected chi connectivity index (χ3v) is 4.51. The van der Waals surface area contributed by atoms with E-state index in [1.807, 2.05) is 24.3 Å². The third kappa shape index (κ3) is 4.95. The van der Waals surface area contributed by atoms with Crippen LogP contribution in [0.15, 0.2) is 53.4 Å². The predicted octanol–water partition coefficient (Wildman–Crippen LogP) is 2.07. The number of nitrogens with two attached hydrogens (primary N) is 1. The van der Waals surface area contributed by atoms with Gasteiger partial charge in [-0.2, -0.15) is 0 Å². The van der Waals surface area contributed by atoms with Crippen LogP contribution in [-0.2, 0) is 10.0 Å². The first-order valence-electron chi connectivity index (χ1n) is 7.54. The van der Waals surface area contributed by atoms with Gasteiger partial charge in [-0.3, -0.25) is 0 Å². The Balaban J connectivity index is 1.82. The van der Waals surface area contributed by atoms with Gasteiger partial charge in [0.2, 0.25) is 10.0 Å². The van der Waals surface area contributed by atoms with Crippen LogP contribution in [0.4, 0.5) is 0 Å². The summed E-state index contributed by atoms with van der Waals surface area (Å²) < 4.78 is 33.3. The molecular formula is C17H22N2O4S. The lowest BCUT2D eigenvalue weighted by Gasteiger charge is -2.17. The summed E-state index contributed by atoms with van der Waals surface area (Å²) in [5.74, 6) is 1.44. The molecule has 24 heavy (non-hydrogen) atoms. The van der Waals surface area contributed by atoms with Gasteiger partial charge in [0.1, 0.15) is 18.1 Å². The summed E-state index contributed by atoms with van der Waals surface area (Å²) in [6, 6.07) is 14.0. The number of rotatable bonds is 8. The van der Waals surface area contributed by atoms with Gasteiger partial charge in [-0.25, -0.2) is 13.6 Å². The minimum absolute atomic E-state index is 0.0674. The zero-order valence-corrected chi connectivity index (χ0v) is 14.5. The first-order chi connectivity index (χ1) is 11.4. The highest BCUT2D eigenvalue weighted by atomic mass is 32.2. The largest absolute Gasteiger partial charge is 0.496 e. The molecule has 0 heterocycles. The van der Waals surface area contributed by atoms with Gasteiger partial charge in [0.25, 0.3) is 0 Å². The van der Waals surface area contributed by atoms with Gasteiger partial charge < -0.3 is 14.8 Å².